The lowest BCUT2D eigenvalue weighted by Gasteiger charge is -2.16. The number of benzene rings is 2. The van der Waals surface area contributed by atoms with Gasteiger partial charge in [-0.3, -0.25) is 4.79 Å². The number of fused-ring (bicyclic) bond motifs is 1. The van der Waals surface area contributed by atoms with Gasteiger partial charge in [0.2, 0.25) is 0 Å². The Labute approximate surface area is 173 Å². The molecule has 0 amide bonds. The zero-order valence-electron chi connectivity index (χ0n) is 15.8. The molecule has 3 aromatic rings. The Hall–Kier alpha value is -3.36. The fourth-order valence-corrected chi connectivity index (χ4v) is 3.49. The van der Waals surface area contributed by atoms with E-state index in [-0.39, 0.29) is 23.8 Å². The first-order valence-corrected chi connectivity index (χ1v) is 9.67. The number of aromatic amines is 1. The SMILES string of the molecule is CCOC(=O)/C(C#N)=C\c1[nH]c2ccccc2c1[C@@H](C(=O)CCl)c1ccccc1. The zero-order valence-corrected chi connectivity index (χ0v) is 16.6. The molecule has 0 aliphatic carbocycles. The number of ether oxygens (including phenoxy) is 1. The highest BCUT2D eigenvalue weighted by Crippen LogP contribution is 2.36. The molecule has 1 aromatic heterocycles. The van der Waals surface area contributed by atoms with Crippen LogP contribution in [0.25, 0.3) is 17.0 Å². The van der Waals surface area contributed by atoms with Crippen LogP contribution in [0.1, 0.15) is 29.7 Å². The molecule has 6 heteroatoms. The number of alkyl halides is 1. The van der Waals surface area contributed by atoms with Crippen molar-refractivity contribution in [1.82, 2.24) is 4.98 Å². The minimum atomic E-state index is -0.709. The minimum absolute atomic E-state index is 0.148. The number of carbonyl (C=O) groups excluding carboxylic acids is 2. The van der Waals surface area contributed by atoms with Gasteiger partial charge in [0, 0.05) is 16.6 Å². The molecule has 0 unspecified atom stereocenters. The van der Waals surface area contributed by atoms with Crippen molar-refractivity contribution < 1.29 is 14.3 Å². The number of nitrogens with zero attached hydrogens (tertiary/aromatic N) is 1. The second kappa shape index (κ2) is 9.22. The summed E-state index contributed by atoms with van der Waals surface area (Å²) >= 11 is 5.94. The third-order valence-electron chi connectivity index (χ3n) is 4.56. The first-order chi connectivity index (χ1) is 14.1. The molecule has 0 saturated carbocycles. The van der Waals surface area contributed by atoms with E-state index in [1.165, 1.54) is 6.08 Å². The van der Waals surface area contributed by atoms with Gasteiger partial charge in [0.25, 0.3) is 0 Å². The van der Waals surface area contributed by atoms with E-state index in [1.54, 1.807) is 6.92 Å². The van der Waals surface area contributed by atoms with E-state index in [0.717, 1.165) is 16.5 Å². The van der Waals surface area contributed by atoms with Crippen molar-refractivity contribution in [3.8, 4) is 6.07 Å². The van der Waals surface area contributed by atoms with Crippen LogP contribution in [0.2, 0.25) is 0 Å². The third-order valence-corrected chi connectivity index (χ3v) is 4.82. The largest absolute Gasteiger partial charge is 0.462 e. The van der Waals surface area contributed by atoms with Crippen LogP contribution in [0.5, 0.6) is 0 Å². The standard InChI is InChI=1S/C23H19ClN2O3/c1-2-29-23(28)16(14-25)12-19-22(17-10-6-7-11-18(17)26-19)21(20(27)13-24)15-8-4-3-5-9-15/h3-12,21,26H,2,13H2,1H3/b16-12-/t21-/m1/s1. The molecule has 2 aromatic carbocycles. The van der Waals surface area contributed by atoms with Crippen molar-refractivity contribution in [2.24, 2.45) is 0 Å². The number of aromatic nitrogens is 1. The Morgan fingerprint density at radius 3 is 2.52 bits per heavy atom. The van der Waals surface area contributed by atoms with E-state index in [1.807, 2.05) is 60.7 Å². The molecule has 29 heavy (non-hydrogen) atoms. The van der Waals surface area contributed by atoms with Gasteiger partial charge in [-0.05, 0) is 30.2 Å². The summed E-state index contributed by atoms with van der Waals surface area (Å²) in [6.45, 7) is 1.83. The van der Waals surface area contributed by atoms with E-state index >= 15 is 0 Å². The fourth-order valence-electron chi connectivity index (χ4n) is 3.34. The Balaban J connectivity index is 2.28. The quantitative estimate of drug-likeness (QED) is 0.269. The molecule has 1 heterocycles. The highest BCUT2D eigenvalue weighted by molar-refractivity contribution is 6.29. The average Bonchev–Trinajstić information content (AvgIpc) is 3.11. The molecule has 0 fully saturated rings. The van der Waals surface area contributed by atoms with Gasteiger partial charge in [0.15, 0.2) is 5.78 Å². The molecule has 0 bridgehead atoms. The molecule has 146 valence electrons. The van der Waals surface area contributed by atoms with Crippen LogP contribution in [0.3, 0.4) is 0 Å². The van der Waals surface area contributed by atoms with Crippen molar-refractivity contribution >= 4 is 40.3 Å². The number of hydrogen-bond donors (Lipinski definition) is 1. The summed E-state index contributed by atoms with van der Waals surface area (Å²) in [6, 6.07) is 18.7. The van der Waals surface area contributed by atoms with Crippen LogP contribution in [-0.4, -0.2) is 29.2 Å². The molecule has 1 N–H and O–H groups in total. The highest BCUT2D eigenvalue weighted by atomic mass is 35.5. The molecule has 0 aliphatic heterocycles. The van der Waals surface area contributed by atoms with Crippen LogP contribution in [0, 0.1) is 11.3 Å². The number of para-hydroxylation sites is 1. The maximum atomic E-state index is 12.9. The second-order valence-electron chi connectivity index (χ2n) is 6.33. The topological polar surface area (TPSA) is 82.9 Å². The van der Waals surface area contributed by atoms with Gasteiger partial charge in [0.05, 0.1) is 18.4 Å². The van der Waals surface area contributed by atoms with Crippen LogP contribution < -0.4 is 0 Å². The predicted octanol–water partition coefficient (Wildman–Crippen LogP) is 4.58. The van der Waals surface area contributed by atoms with Gasteiger partial charge in [-0.25, -0.2) is 4.79 Å². The van der Waals surface area contributed by atoms with E-state index < -0.39 is 11.9 Å². The fraction of sp³-hybridized carbons (Fsp3) is 0.174. The molecular formula is C23H19ClN2O3. The molecular weight excluding hydrogens is 388 g/mol. The van der Waals surface area contributed by atoms with Crippen molar-refractivity contribution in [3.05, 3.63) is 77.0 Å². The summed E-state index contributed by atoms with van der Waals surface area (Å²) in [7, 11) is 0. The number of Topliss-reactive ketones (excluding diaryl/α,β-unsaturated/α-hetero) is 1. The van der Waals surface area contributed by atoms with Gasteiger partial charge >= 0.3 is 5.97 Å². The monoisotopic (exact) mass is 406 g/mol. The lowest BCUT2D eigenvalue weighted by Crippen LogP contribution is -2.16. The number of ketones is 1. The molecule has 1 atom stereocenters. The maximum absolute atomic E-state index is 12.9. The van der Waals surface area contributed by atoms with Gasteiger partial charge in [0.1, 0.15) is 11.6 Å². The summed E-state index contributed by atoms with van der Waals surface area (Å²) in [5, 5.41) is 10.3. The summed E-state index contributed by atoms with van der Waals surface area (Å²) in [5.41, 5.74) is 2.60. The normalized spacial score (nSPS) is 12.4. The number of nitrogens with one attached hydrogen (secondary N) is 1. The van der Waals surface area contributed by atoms with Crippen LogP contribution in [0.4, 0.5) is 0 Å². The van der Waals surface area contributed by atoms with Crippen molar-refractivity contribution in [3.63, 3.8) is 0 Å². The van der Waals surface area contributed by atoms with Crippen LogP contribution >= 0.6 is 11.6 Å². The second-order valence-corrected chi connectivity index (χ2v) is 6.60. The first-order valence-electron chi connectivity index (χ1n) is 9.13. The van der Waals surface area contributed by atoms with Crippen LogP contribution in [0.15, 0.2) is 60.2 Å². The number of carbonyl (C=O) groups is 2. The van der Waals surface area contributed by atoms with Crippen molar-refractivity contribution in [2.75, 3.05) is 12.5 Å². The summed E-state index contributed by atoms with van der Waals surface area (Å²) < 4.78 is 4.96. The molecule has 0 spiro atoms. The first kappa shape index (κ1) is 20.4. The smallest absolute Gasteiger partial charge is 0.348 e. The molecule has 0 saturated heterocycles. The summed E-state index contributed by atoms with van der Waals surface area (Å²) in [5.74, 6) is -1.68. The maximum Gasteiger partial charge on any atom is 0.348 e. The number of rotatable bonds is 7. The highest BCUT2D eigenvalue weighted by Gasteiger charge is 2.28. The van der Waals surface area contributed by atoms with Crippen LogP contribution in [-0.2, 0) is 14.3 Å². The Morgan fingerprint density at radius 2 is 1.86 bits per heavy atom. The van der Waals surface area contributed by atoms with Gasteiger partial charge < -0.3 is 9.72 Å². The average molecular weight is 407 g/mol. The predicted molar refractivity (Wildman–Crippen MR) is 113 cm³/mol. The lowest BCUT2D eigenvalue weighted by molar-refractivity contribution is -0.137. The van der Waals surface area contributed by atoms with E-state index in [4.69, 9.17) is 16.3 Å². The molecule has 0 radical (unpaired) electrons. The van der Waals surface area contributed by atoms with E-state index in [9.17, 15) is 14.9 Å². The van der Waals surface area contributed by atoms with Gasteiger partial charge in [-0.2, -0.15) is 5.26 Å². The molecule has 0 aliphatic rings. The van der Waals surface area contributed by atoms with E-state index in [2.05, 4.69) is 4.98 Å². The number of esters is 1. The summed E-state index contributed by atoms with van der Waals surface area (Å²) in [4.78, 5) is 28.2. The Bertz CT molecular complexity index is 1110. The Morgan fingerprint density at radius 1 is 1.17 bits per heavy atom. The van der Waals surface area contributed by atoms with E-state index in [0.29, 0.717) is 11.3 Å². The molecule has 3 rings (SSSR count). The number of nitriles is 1. The zero-order chi connectivity index (χ0) is 20.8. The third kappa shape index (κ3) is 4.23. The minimum Gasteiger partial charge on any atom is -0.462 e. The molecule has 5 nitrogen and oxygen atoms in total. The number of hydrogen-bond acceptors (Lipinski definition) is 4. The lowest BCUT2D eigenvalue weighted by atomic mass is 9.86. The number of halogens is 1. The number of H-pyrrole nitrogens is 1. The van der Waals surface area contributed by atoms with Crippen molar-refractivity contribution in [1.29, 1.82) is 5.26 Å². The summed E-state index contributed by atoms with van der Waals surface area (Å²) in [6.07, 6.45) is 1.44. The Kier molecular flexibility index (Phi) is 6.48. The van der Waals surface area contributed by atoms with Crippen molar-refractivity contribution in [2.45, 2.75) is 12.8 Å². The van der Waals surface area contributed by atoms with Gasteiger partial charge in [-0.15, -0.1) is 11.6 Å². The van der Waals surface area contributed by atoms with Gasteiger partial charge in [-0.1, -0.05) is 48.5 Å².